The van der Waals surface area contributed by atoms with Crippen molar-refractivity contribution in [3.63, 3.8) is 0 Å². The Morgan fingerprint density at radius 3 is 1.35 bits per heavy atom. The van der Waals surface area contributed by atoms with Crippen molar-refractivity contribution in [2.75, 3.05) is 126 Å². The molecule has 2 unspecified atom stereocenters. The van der Waals surface area contributed by atoms with E-state index >= 15 is 0 Å². The summed E-state index contributed by atoms with van der Waals surface area (Å²) >= 11 is 0. The number of carbonyl (C=O) groups is 4. The highest BCUT2D eigenvalue weighted by Gasteiger charge is 2.39. The zero-order valence-electron chi connectivity index (χ0n) is 48.9. The number of piperidine rings is 1. The summed E-state index contributed by atoms with van der Waals surface area (Å²) < 4.78 is 22.2. The quantitative estimate of drug-likeness (QED) is 0.100. The number of nitrogens with zero attached hydrogens (tertiary/aromatic N) is 9. The number of alkyl carbamates (subject to hydrolysis) is 2. The first-order valence-corrected chi connectivity index (χ1v) is 31.2. The highest BCUT2D eigenvalue weighted by atomic mass is 16.6. The first kappa shape index (κ1) is 62.8. The van der Waals surface area contributed by atoms with Crippen LogP contribution in [-0.2, 0) is 28.5 Å². The van der Waals surface area contributed by atoms with Gasteiger partial charge in [-0.1, -0.05) is 103 Å². The minimum atomic E-state index is -0.829. The lowest BCUT2D eigenvalue weighted by Gasteiger charge is -2.34. The second kappa shape index (κ2) is 33.3. The fraction of sp³-hybridized carbons (Fsp3) is 0.864. The number of hydrogen-bond donors (Lipinski definition) is 4. The molecule has 4 heterocycles. The van der Waals surface area contributed by atoms with Crippen molar-refractivity contribution in [1.82, 2.24) is 45.8 Å². The van der Waals surface area contributed by atoms with Crippen molar-refractivity contribution < 1.29 is 38.1 Å². The van der Waals surface area contributed by atoms with Crippen LogP contribution < -0.4 is 21.3 Å². The molecule has 8 aliphatic rings. The van der Waals surface area contributed by atoms with Gasteiger partial charge in [0.1, 0.15) is 29.8 Å². The van der Waals surface area contributed by atoms with Gasteiger partial charge in [-0.15, -0.1) is 0 Å². The summed E-state index contributed by atoms with van der Waals surface area (Å²) in [4.78, 5) is 74.0. The third-order valence-corrected chi connectivity index (χ3v) is 18.2. The number of carbonyl (C=O) groups excluding carboxylic acids is 4. The molecular weight excluding hydrogens is 1020 g/mol. The van der Waals surface area contributed by atoms with Gasteiger partial charge in [0.25, 0.3) is 0 Å². The molecule has 4 amide bonds. The highest BCUT2D eigenvalue weighted by Crippen LogP contribution is 2.33. The van der Waals surface area contributed by atoms with E-state index in [0.717, 1.165) is 123 Å². The number of rotatable bonds is 16. The second-order valence-electron chi connectivity index (χ2n) is 24.3. The van der Waals surface area contributed by atoms with Gasteiger partial charge in [0.05, 0.1) is 45.2 Å². The fourth-order valence-electron chi connectivity index (χ4n) is 12.9. The summed E-state index contributed by atoms with van der Waals surface area (Å²) in [6.45, 7) is 11.9. The fourth-order valence-corrected chi connectivity index (χ4v) is 12.9. The van der Waals surface area contributed by atoms with Crippen LogP contribution in [0, 0.1) is 40.4 Å². The Morgan fingerprint density at radius 1 is 0.525 bits per heavy atom. The van der Waals surface area contributed by atoms with E-state index in [1.807, 2.05) is 9.80 Å². The molecule has 4 saturated carbocycles. The minimum Gasteiger partial charge on any atom is -0.449 e. The first-order valence-electron chi connectivity index (χ1n) is 31.2. The number of hydrogen-bond acceptors (Lipinski definition) is 15. The molecule has 0 aromatic rings. The number of nitrogens with one attached hydrogen (secondary N) is 4. The van der Waals surface area contributed by atoms with Crippen molar-refractivity contribution in [3.8, 4) is 12.1 Å². The molecule has 0 radical (unpaired) electrons. The Kier molecular flexibility index (Phi) is 26.2. The lowest BCUT2D eigenvalue weighted by molar-refractivity contribution is -0.125. The summed E-state index contributed by atoms with van der Waals surface area (Å²) in [5.74, 6) is 1.69. The van der Waals surface area contributed by atoms with Crippen LogP contribution >= 0.6 is 0 Å². The highest BCUT2D eigenvalue weighted by molar-refractivity contribution is 5.97. The molecule has 4 saturated heterocycles. The van der Waals surface area contributed by atoms with Crippen LogP contribution in [0.1, 0.15) is 161 Å². The van der Waals surface area contributed by atoms with Crippen LogP contribution in [0.15, 0.2) is 9.98 Å². The van der Waals surface area contributed by atoms with Crippen LogP contribution in [0.4, 0.5) is 9.59 Å². The topological polar surface area (TPSA) is 242 Å². The number of aliphatic imine (C=N–C) groups is 2. The Labute approximate surface area is 478 Å². The molecule has 8 rings (SSSR count). The van der Waals surface area contributed by atoms with Gasteiger partial charge >= 0.3 is 12.2 Å². The van der Waals surface area contributed by atoms with E-state index in [4.69, 9.17) is 28.9 Å². The Hall–Kier alpha value is -4.80. The van der Waals surface area contributed by atoms with Crippen LogP contribution in [0.3, 0.4) is 0 Å². The maximum atomic E-state index is 13.8. The number of likely N-dealkylation sites (N-methyl/N-ethyl adjacent to an activating group) is 1. The van der Waals surface area contributed by atoms with Crippen LogP contribution in [0.25, 0.3) is 0 Å². The van der Waals surface area contributed by atoms with Gasteiger partial charge in [0, 0.05) is 58.9 Å². The molecule has 21 nitrogen and oxygen atoms in total. The van der Waals surface area contributed by atoms with Gasteiger partial charge in [-0.05, 0) is 103 Å². The average Bonchev–Trinajstić information content (AvgIpc) is 3.49. The van der Waals surface area contributed by atoms with Crippen LogP contribution in [0.2, 0.25) is 0 Å². The lowest BCUT2D eigenvalue weighted by atomic mass is 9.81. The van der Waals surface area contributed by atoms with Gasteiger partial charge < -0.3 is 49.2 Å². The number of amides is 4. The van der Waals surface area contributed by atoms with Crippen molar-refractivity contribution in [2.45, 2.75) is 184 Å². The molecule has 0 bridgehead atoms. The molecule has 21 heteroatoms. The monoisotopic (exact) mass is 1120 g/mol. The maximum absolute atomic E-state index is 13.8. The van der Waals surface area contributed by atoms with Crippen molar-refractivity contribution >= 4 is 35.9 Å². The predicted molar refractivity (Wildman–Crippen MR) is 306 cm³/mol. The van der Waals surface area contributed by atoms with Gasteiger partial charge in [-0.25, -0.2) is 19.6 Å². The SMILES string of the molecule is CN1CCC(CCOC(=O)NC(=NC(CC2CCCCC2)C(=O)NC2(C#N)CCCCC2)N2CCOCC2)CC1.CN1CCN(CCOC(=O)NC(=NC(CC2CCCCC2)C(=O)NC2(C#N)CCCCC2)N2CCOCC2)CC1. The van der Waals surface area contributed by atoms with E-state index in [0.29, 0.717) is 141 Å². The number of ether oxygens (including phenoxy) is 4. The number of guanidine groups is 2. The predicted octanol–water partition coefficient (Wildman–Crippen LogP) is 6.14. The molecule has 448 valence electrons. The molecule has 0 aromatic carbocycles. The molecule has 80 heavy (non-hydrogen) atoms. The smallest absolute Gasteiger partial charge is 0.414 e. The third kappa shape index (κ3) is 20.9. The third-order valence-electron chi connectivity index (χ3n) is 18.2. The Bertz CT molecular complexity index is 1900. The summed E-state index contributed by atoms with van der Waals surface area (Å²) in [5.41, 5.74) is -1.65. The molecule has 4 aliphatic carbocycles. The van der Waals surface area contributed by atoms with E-state index in [1.54, 1.807) is 0 Å². The molecule has 0 spiro atoms. The molecule has 4 N–H and O–H groups in total. The summed E-state index contributed by atoms with van der Waals surface area (Å²) in [5, 5.41) is 31.9. The zero-order chi connectivity index (χ0) is 56.4. The van der Waals surface area contributed by atoms with Gasteiger partial charge in [-0.3, -0.25) is 25.1 Å². The molecular formula is C59H99N13O8. The van der Waals surface area contributed by atoms with Gasteiger partial charge in [0.2, 0.25) is 23.7 Å². The number of likely N-dealkylation sites (tertiary alicyclic amines) is 1. The molecule has 0 aromatic heterocycles. The number of piperazine rings is 1. The van der Waals surface area contributed by atoms with E-state index in [1.165, 1.54) is 38.5 Å². The van der Waals surface area contributed by atoms with E-state index in [-0.39, 0.29) is 11.8 Å². The molecule has 4 aliphatic heterocycles. The lowest BCUT2D eigenvalue weighted by Crippen LogP contribution is -2.54. The maximum Gasteiger partial charge on any atom is 0.414 e. The van der Waals surface area contributed by atoms with Crippen molar-refractivity contribution in [3.05, 3.63) is 0 Å². The van der Waals surface area contributed by atoms with Crippen molar-refractivity contribution in [2.24, 2.45) is 27.7 Å². The molecule has 2 atom stereocenters. The van der Waals surface area contributed by atoms with Crippen LogP contribution in [-0.4, -0.2) is 209 Å². The zero-order valence-corrected chi connectivity index (χ0v) is 48.9. The van der Waals surface area contributed by atoms with Gasteiger partial charge in [0.15, 0.2) is 0 Å². The Morgan fingerprint density at radius 2 is 0.925 bits per heavy atom. The normalized spacial score (nSPS) is 24.1. The van der Waals surface area contributed by atoms with E-state index in [9.17, 15) is 29.7 Å². The van der Waals surface area contributed by atoms with Crippen molar-refractivity contribution in [1.29, 1.82) is 10.5 Å². The summed E-state index contributed by atoms with van der Waals surface area (Å²) in [6, 6.07) is 3.46. The largest absolute Gasteiger partial charge is 0.449 e. The second-order valence-corrected chi connectivity index (χ2v) is 24.3. The van der Waals surface area contributed by atoms with Crippen LogP contribution in [0.5, 0.6) is 0 Å². The summed E-state index contributed by atoms with van der Waals surface area (Å²) in [6.07, 6.45) is 23.3. The van der Waals surface area contributed by atoms with E-state index < -0.39 is 35.3 Å². The minimum absolute atomic E-state index is 0.211. The first-order chi connectivity index (χ1) is 38.9. The number of morpholine rings is 2. The number of nitriles is 2. The summed E-state index contributed by atoms with van der Waals surface area (Å²) in [7, 11) is 4.26. The van der Waals surface area contributed by atoms with Gasteiger partial charge in [-0.2, -0.15) is 10.5 Å². The Balaban J connectivity index is 0.000000231. The molecule has 8 fully saturated rings. The average molecular weight is 1120 g/mol. The standard InChI is InChI=1S/C30H50N6O4.C29H49N7O4/c1-35-15-10-24(11-16-35)12-19-40-29(38)33-28(36-17-20-39-21-18-36)32-26(22-25-8-4-2-5-9-25)27(37)34-30(23-31)13-6-3-7-14-30;1-34-12-14-35(15-13-34)16-21-40-28(38)32-27(36-17-19-39-20-18-36)31-25(22-24-8-4-2-5-9-24)26(37)33-29(23-30)10-6-3-7-11-29/h24-26H,2-22H2,1H3,(H,34,37)(H,32,33,38);24-25H,2-22H2,1H3,(H,33,37)(H,31,32,38). The van der Waals surface area contributed by atoms with E-state index in [2.05, 4.69) is 62.2 Å².